The Labute approximate surface area is 94.2 Å². The lowest BCUT2D eigenvalue weighted by Crippen LogP contribution is -2.43. The molecule has 0 bridgehead atoms. The smallest absolute Gasteiger partial charge is 0.0628 e. The van der Waals surface area contributed by atoms with Gasteiger partial charge in [0.25, 0.3) is 0 Å². The molecular formula is C12H26N2O. The van der Waals surface area contributed by atoms with E-state index in [0.717, 1.165) is 25.6 Å². The van der Waals surface area contributed by atoms with Gasteiger partial charge in [-0.1, -0.05) is 6.92 Å². The van der Waals surface area contributed by atoms with E-state index >= 15 is 0 Å². The van der Waals surface area contributed by atoms with Gasteiger partial charge in [-0.05, 0) is 38.8 Å². The molecule has 1 rings (SSSR count). The van der Waals surface area contributed by atoms with Crippen molar-refractivity contribution < 1.29 is 4.74 Å². The minimum atomic E-state index is 0.485. The van der Waals surface area contributed by atoms with Crippen molar-refractivity contribution in [3.05, 3.63) is 0 Å². The molecule has 1 aliphatic rings. The maximum Gasteiger partial charge on any atom is 0.0628 e. The Hall–Kier alpha value is -0.120. The maximum atomic E-state index is 5.23. The van der Waals surface area contributed by atoms with Gasteiger partial charge in [-0.3, -0.25) is 0 Å². The van der Waals surface area contributed by atoms with Gasteiger partial charge in [-0.2, -0.15) is 0 Å². The maximum absolute atomic E-state index is 5.23. The van der Waals surface area contributed by atoms with Crippen LogP contribution in [0, 0.1) is 5.92 Å². The lowest BCUT2D eigenvalue weighted by atomic mass is 10.2. The molecule has 1 saturated carbocycles. The van der Waals surface area contributed by atoms with E-state index in [-0.39, 0.29) is 0 Å². The Morgan fingerprint density at radius 2 is 2.20 bits per heavy atom. The number of hydrogen-bond donors (Lipinski definition) is 1. The van der Waals surface area contributed by atoms with E-state index in [9.17, 15) is 0 Å². The van der Waals surface area contributed by atoms with Gasteiger partial charge < -0.3 is 15.0 Å². The van der Waals surface area contributed by atoms with Gasteiger partial charge in [0.15, 0.2) is 0 Å². The summed E-state index contributed by atoms with van der Waals surface area (Å²) < 4.78 is 5.23. The largest absolute Gasteiger partial charge is 0.383 e. The number of nitrogens with zero attached hydrogens (tertiary/aromatic N) is 1. The molecule has 0 saturated heterocycles. The molecular weight excluding hydrogens is 188 g/mol. The first-order valence-corrected chi connectivity index (χ1v) is 6.17. The highest BCUT2D eigenvalue weighted by molar-refractivity contribution is 4.78. The summed E-state index contributed by atoms with van der Waals surface area (Å²) in [5, 5.41) is 3.53. The molecule has 0 aromatic carbocycles. The van der Waals surface area contributed by atoms with E-state index in [1.807, 2.05) is 0 Å². The number of nitrogens with one attached hydrogen (secondary N) is 1. The molecule has 1 N–H and O–H groups in total. The second-order valence-corrected chi connectivity index (χ2v) is 4.77. The first-order valence-electron chi connectivity index (χ1n) is 6.17. The van der Waals surface area contributed by atoms with Crippen LogP contribution in [0.2, 0.25) is 0 Å². The molecule has 0 aromatic heterocycles. The van der Waals surface area contributed by atoms with Crippen LogP contribution in [0.3, 0.4) is 0 Å². The quantitative estimate of drug-likeness (QED) is 0.627. The van der Waals surface area contributed by atoms with Gasteiger partial charge in [-0.15, -0.1) is 0 Å². The minimum Gasteiger partial charge on any atom is -0.383 e. The fraction of sp³-hybridized carbons (Fsp3) is 1.00. The van der Waals surface area contributed by atoms with Crippen LogP contribution in [0.15, 0.2) is 0 Å². The predicted molar refractivity (Wildman–Crippen MR) is 64.2 cm³/mol. The number of methoxy groups -OCH3 is 1. The van der Waals surface area contributed by atoms with Gasteiger partial charge in [0.2, 0.25) is 0 Å². The van der Waals surface area contributed by atoms with E-state index < -0.39 is 0 Å². The monoisotopic (exact) mass is 214 g/mol. The van der Waals surface area contributed by atoms with Crippen LogP contribution in [0.25, 0.3) is 0 Å². The van der Waals surface area contributed by atoms with E-state index in [2.05, 4.69) is 24.2 Å². The molecule has 1 fully saturated rings. The molecule has 0 heterocycles. The standard InChI is InChI=1S/C12H26N2O/c1-4-7-13-12(10-15-3)9-14(2)8-11-5-6-11/h11-13H,4-10H2,1-3H3. The Balaban J connectivity index is 2.14. The predicted octanol–water partition coefficient (Wildman–Crippen LogP) is 1.34. The molecule has 1 aliphatic carbocycles. The highest BCUT2D eigenvalue weighted by atomic mass is 16.5. The molecule has 0 amide bonds. The van der Waals surface area contributed by atoms with Crippen LogP contribution in [0.5, 0.6) is 0 Å². The van der Waals surface area contributed by atoms with Gasteiger partial charge in [0.05, 0.1) is 6.61 Å². The normalized spacial score (nSPS) is 18.4. The first kappa shape index (κ1) is 12.9. The van der Waals surface area contributed by atoms with Crippen molar-refractivity contribution in [2.45, 2.75) is 32.2 Å². The van der Waals surface area contributed by atoms with Crippen LogP contribution in [-0.2, 0) is 4.74 Å². The summed E-state index contributed by atoms with van der Waals surface area (Å²) in [5.74, 6) is 0.976. The van der Waals surface area contributed by atoms with E-state index in [1.165, 1.54) is 25.8 Å². The molecule has 90 valence electrons. The second-order valence-electron chi connectivity index (χ2n) is 4.77. The average molecular weight is 214 g/mol. The SMILES string of the molecule is CCCNC(COC)CN(C)CC1CC1. The summed E-state index contributed by atoms with van der Waals surface area (Å²) in [6, 6.07) is 0.485. The summed E-state index contributed by atoms with van der Waals surface area (Å²) in [6.07, 6.45) is 4.05. The zero-order valence-corrected chi connectivity index (χ0v) is 10.5. The number of rotatable bonds is 9. The van der Waals surface area contributed by atoms with Crippen LogP contribution in [0.1, 0.15) is 26.2 Å². The number of ether oxygens (including phenoxy) is 1. The topological polar surface area (TPSA) is 24.5 Å². The first-order chi connectivity index (χ1) is 7.26. The van der Waals surface area contributed by atoms with Gasteiger partial charge >= 0.3 is 0 Å². The van der Waals surface area contributed by atoms with Gasteiger partial charge in [0, 0.05) is 26.2 Å². The molecule has 1 unspecified atom stereocenters. The summed E-state index contributed by atoms with van der Waals surface area (Å²) in [6.45, 7) is 6.46. The minimum absolute atomic E-state index is 0.485. The third-order valence-corrected chi connectivity index (χ3v) is 2.85. The number of likely N-dealkylation sites (N-methyl/N-ethyl adjacent to an activating group) is 1. The molecule has 3 heteroatoms. The van der Waals surface area contributed by atoms with Crippen LogP contribution < -0.4 is 5.32 Å². The van der Waals surface area contributed by atoms with Crippen LogP contribution >= 0.6 is 0 Å². The second kappa shape index (κ2) is 7.20. The van der Waals surface area contributed by atoms with Crippen molar-refractivity contribution in [2.24, 2.45) is 5.92 Å². The zero-order valence-electron chi connectivity index (χ0n) is 10.5. The Morgan fingerprint density at radius 1 is 1.47 bits per heavy atom. The lowest BCUT2D eigenvalue weighted by Gasteiger charge is -2.24. The number of hydrogen-bond acceptors (Lipinski definition) is 3. The Bertz CT molecular complexity index is 160. The van der Waals surface area contributed by atoms with E-state index in [1.54, 1.807) is 7.11 Å². The Morgan fingerprint density at radius 3 is 2.73 bits per heavy atom. The lowest BCUT2D eigenvalue weighted by molar-refractivity contribution is 0.144. The van der Waals surface area contributed by atoms with Crippen molar-refractivity contribution in [3.8, 4) is 0 Å². The third kappa shape index (κ3) is 6.13. The molecule has 1 atom stereocenters. The molecule has 0 aromatic rings. The van der Waals surface area contributed by atoms with Crippen LogP contribution in [-0.4, -0.2) is 51.3 Å². The molecule has 15 heavy (non-hydrogen) atoms. The molecule has 0 radical (unpaired) electrons. The molecule has 3 nitrogen and oxygen atoms in total. The zero-order chi connectivity index (χ0) is 11.1. The fourth-order valence-corrected chi connectivity index (χ4v) is 1.92. The van der Waals surface area contributed by atoms with E-state index in [0.29, 0.717) is 6.04 Å². The summed E-state index contributed by atoms with van der Waals surface area (Å²) >= 11 is 0. The molecule has 0 aliphatic heterocycles. The van der Waals surface area contributed by atoms with Gasteiger partial charge in [0.1, 0.15) is 0 Å². The van der Waals surface area contributed by atoms with Crippen LogP contribution in [0.4, 0.5) is 0 Å². The summed E-state index contributed by atoms with van der Waals surface area (Å²) in [7, 11) is 4.00. The highest BCUT2D eigenvalue weighted by Gasteiger charge is 2.23. The van der Waals surface area contributed by atoms with Crippen molar-refractivity contribution >= 4 is 0 Å². The van der Waals surface area contributed by atoms with Crippen molar-refractivity contribution in [1.82, 2.24) is 10.2 Å². The van der Waals surface area contributed by atoms with E-state index in [4.69, 9.17) is 4.74 Å². The Kier molecular flexibility index (Phi) is 6.22. The van der Waals surface area contributed by atoms with Crippen molar-refractivity contribution in [3.63, 3.8) is 0 Å². The molecule has 0 spiro atoms. The third-order valence-electron chi connectivity index (χ3n) is 2.85. The summed E-state index contributed by atoms with van der Waals surface area (Å²) in [4.78, 5) is 2.43. The van der Waals surface area contributed by atoms with Gasteiger partial charge in [-0.25, -0.2) is 0 Å². The van der Waals surface area contributed by atoms with Crippen molar-refractivity contribution in [1.29, 1.82) is 0 Å². The van der Waals surface area contributed by atoms with Crippen molar-refractivity contribution in [2.75, 3.05) is 40.4 Å². The summed E-state index contributed by atoms with van der Waals surface area (Å²) in [5.41, 5.74) is 0. The highest BCUT2D eigenvalue weighted by Crippen LogP contribution is 2.29. The fourth-order valence-electron chi connectivity index (χ4n) is 1.92. The average Bonchev–Trinajstić information content (AvgIpc) is 2.98.